The first-order chi connectivity index (χ1) is 11.6. The minimum Gasteiger partial charge on any atom is -0.350 e. The van der Waals surface area contributed by atoms with Crippen LogP contribution in [0, 0.1) is 46.3 Å². The zero-order chi connectivity index (χ0) is 18.3. The molecule has 25 heavy (non-hydrogen) atoms. The predicted molar refractivity (Wildman–Crippen MR) is 101 cm³/mol. The molecule has 6 unspecified atom stereocenters. The van der Waals surface area contributed by atoms with Gasteiger partial charge in [0.05, 0.1) is 5.71 Å². The maximum absolute atomic E-state index is 11.3. The third-order valence-corrected chi connectivity index (χ3v) is 9.05. The lowest BCUT2D eigenvalue weighted by Gasteiger charge is -2.42. The lowest BCUT2D eigenvalue weighted by Crippen LogP contribution is -2.39. The number of carbonyl (C=O) groups is 1. The number of allylic oxidation sites excluding steroid dienone is 2. The molecule has 3 N–H and O–H groups in total. The van der Waals surface area contributed by atoms with Gasteiger partial charge in [-0.1, -0.05) is 47.1 Å². The Hall–Kier alpha value is -1.32. The van der Waals surface area contributed by atoms with Gasteiger partial charge in [0.25, 0.3) is 0 Å². The highest BCUT2D eigenvalue weighted by molar-refractivity contribution is 6.07. The van der Waals surface area contributed by atoms with E-state index in [1.165, 1.54) is 24.8 Å². The molecule has 2 amide bonds. The van der Waals surface area contributed by atoms with Crippen LogP contribution in [0.25, 0.3) is 0 Å². The predicted octanol–water partition coefficient (Wildman–Crippen LogP) is 4.32. The van der Waals surface area contributed by atoms with Crippen molar-refractivity contribution in [1.82, 2.24) is 5.43 Å². The monoisotopic (exact) mass is 343 g/mol. The van der Waals surface area contributed by atoms with Crippen LogP contribution in [0.15, 0.2) is 16.2 Å². The SMILES string of the molecule is CC1C2CC(CC2=C2C(=NNC(N)=O)C3CC2C(C)(C)C3C)C1(C)C. The van der Waals surface area contributed by atoms with Gasteiger partial charge in [-0.2, -0.15) is 5.10 Å². The molecule has 0 aromatic carbocycles. The van der Waals surface area contributed by atoms with Gasteiger partial charge in [-0.25, -0.2) is 10.2 Å². The fourth-order valence-electron chi connectivity index (χ4n) is 6.68. The van der Waals surface area contributed by atoms with Gasteiger partial charge in [0.2, 0.25) is 0 Å². The summed E-state index contributed by atoms with van der Waals surface area (Å²) in [5, 5.41) is 4.53. The smallest absolute Gasteiger partial charge is 0.332 e. The number of nitrogens with one attached hydrogen (secondary N) is 1. The van der Waals surface area contributed by atoms with Crippen LogP contribution in [0.2, 0.25) is 0 Å². The summed E-state index contributed by atoms with van der Waals surface area (Å²) < 4.78 is 0. The topological polar surface area (TPSA) is 67.5 Å². The number of rotatable bonds is 1. The van der Waals surface area contributed by atoms with Gasteiger partial charge in [-0.05, 0) is 65.3 Å². The molecule has 4 saturated carbocycles. The van der Waals surface area contributed by atoms with E-state index in [1.54, 1.807) is 5.57 Å². The Morgan fingerprint density at radius 2 is 1.72 bits per heavy atom. The summed E-state index contributed by atoms with van der Waals surface area (Å²) in [6.07, 6.45) is 3.74. The number of nitrogens with two attached hydrogens (primary N) is 1. The van der Waals surface area contributed by atoms with E-state index < -0.39 is 6.03 Å². The van der Waals surface area contributed by atoms with Crippen molar-refractivity contribution in [3.05, 3.63) is 11.1 Å². The van der Waals surface area contributed by atoms with Crippen molar-refractivity contribution in [2.24, 2.45) is 57.2 Å². The molecule has 0 aliphatic heterocycles. The maximum atomic E-state index is 11.3. The number of fused-ring (bicyclic) bond motifs is 4. The highest BCUT2D eigenvalue weighted by atomic mass is 16.2. The summed E-state index contributed by atoms with van der Waals surface area (Å²) in [4.78, 5) is 11.3. The van der Waals surface area contributed by atoms with Crippen LogP contribution >= 0.6 is 0 Å². The Kier molecular flexibility index (Phi) is 3.50. The number of nitrogens with zero attached hydrogens (tertiary/aromatic N) is 1. The zero-order valence-electron chi connectivity index (χ0n) is 16.5. The lowest BCUT2D eigenvalue weighted by atomic mass is 9.62. The molecule has 4 rings (SSSR count). The number of hydrogen-bond acceptors (Lipinski definition) is 2. The summed E-state index contributed by atoms with van der Waals surface area (Å²) in [7, 11) is 0. The molecule has 0 saturated heterocycles. The van der Waals surface area contributed by atoms with E-state index in [1.807, 2.05) is 0 Å². The Morgan fingerprint density at radius 3 is 2.28 bits per heavy atom. The van der Waals surface area contributed by atoms with E-state index in [9.17, 15) is 4.79 Å². The summed E-state index contributed by atoms with van der Waals surface area (Å²) in [5.41, 5.74) is 12.9. The molecule has 0 heterocycles. The van der Waals surface area contributed by atoms with Crippen LogP contribution in [-0.4, -0.2) is 11.7 Å². The second kappa shape index (κ2) is 5.11. The molecule has 4 fully saturated rings. The van der Waals surface area contributed by atoms with E-state index >= 15 is 0 Å². The molecule has 0 spiro atoms. The number of carbonyl (C=O) groups excluding carboxylic acids is 1. The summed E-state index contributed by atoms with van der Waals surface area (Å²) in [6.45, 7) is 14.5. The van der Waals surface area contributed by atoms with E-state index in [-0.39, 0.29) is 0 Å². The van der Waals surface area contributed by atoms with Gasteiger partial charge in [-0.15, -0.1) is 0 Å². The van der Waals surface area contributed by atoms with Crippen LogP contribution in [-0.2, 0) is 0 Å². The molecule has 138 valence electrons. The molecule has 4 nitrogen and oxygen atoms in total. The van der Waals surface area contributed by atoms with Crippen LogP contribution in [0.1, 0.15) is 60.8 Å². The van der Waals surface area contributed by atoms with Crippen molar-refractivity contribution < 1.29 is 4.79 Å². The highest BCUT2D eigenvalue weighted by Crippen LogP contribution is 2.66. The maximum Gasteiger partial charge on any atom is 0.332 e. The van der Waals surface area contributed by atoms with Crippen LogP contribution in [0.4, 0.5) is 4.79 Å². The fraction of sp³-hybridized carbons (Fsp3) is 0.810. The van der Waals surface area contributed by atoms with Gasteiger partial charge in [0.1, 0.15) is 0 Å². The van der Waals surface area contributed by atoms with Crippen molar-refractivity contribution in [3.8, 4) is 0 Å². The molecule has 4 heteroatoms. The Bertz CT molecular complexity index is 683. The first kappa shape index (κ1) is 17.1. The minimum atomic E-state index is -0.561. The normalized spacial score (nSPS) is 47.7. The average Bonchev–Trinajstić information content (AvgIpc) is 3.20. The fourth-order valence-corrected chi connectivity index (χ4v) is 6.68. The second-order valence-electron chi connectivity index (χ2n) is 10.3. The Labute approximate surface area is 151 Å². The van der Waals surface area contributed by atoms with Gasteiger partial charge in [0, 0.05) is 5.92 Å². The zero-order valence-corrected chi connectivity index (χ0v) is 16.5. The number of primary amides is 1. The summed E-state index contributed by atoms with van der Waals surface area (Å²) in [5.74, 6) is 3.82. The standard InChI is InChI=1S/C21H33N3O/c1-10-13-7-12(20(10,3)4)8-15(13)17-16-9-14(11(2)21(16,5)6)18(17)23-24-19(22)25/h10-14,16H,7-9H2,1-6H3,(H3,22,24,25). The Morgan fingerprint density at radius 1 is 1.08 bits per heavy atom. The third-order valence-electron chi connectivity index (χ3n) is 9.05. The van der Waals surface area contributed by atoms with Crippen molar-refractivity contribution >= 4 is 11.7 Å². The third kappa shape index (κ3) is 2.12. The van der Waals surface area contributed by atoms with Crippen LogP contribution in [0.3, 0.4) is 0 Å². The average molecular weight is 344 g/mol. The van der Waals surface area contributed by atoms with Crippen molar-refractivity contribution in [2.45, 2.75) is 60.8 Å². The van der Waals surface area contributed by atoms with E-state index in [4.69, 9.17) is 5.73 Å². The molecule has 0 aromatic rings. The number of amides is 2. The van der Waals surface area contributed by atoms with E-state index in [0.29, 0.717) is 34.5 Å². The van der Waals surface area contributed by atoms with Crippen molar-refractivity contribution in [1.29, 1.82) is 0 Å². The van der Waals surface area contributed by atoms with Gasteiger partial charge >= 0.3 is 6.03 Å². The minimum absolute atomic E-state index is 0.305. The second-order valence-corrected chi connectivity index (χ2v) is 10.3. The van der Waals surface area contributed by atoms with E-state index in [0.717, 1.165) is 17.5 Å². The molecule has 4 aliphatic carbocycles. The van der Waals surface area contributed by atoms with Crippen molar-refractivity contribution in [2.75, 3.05) is 0 Å². The van der Waals surface area contributed by atoms with Crippen molar-refractivity contribution in [3.63, 3.8) is 0 Å². The van der Waals surface area contributed by atoms with E-state index in [2.05, 4.69) is 52.1 Å². The first-order valence-corrected chi connectivity index (χ1v) is 9.93. The Balaban J connectivity index is 1.79. The summed E-state index contributed by atoms with van der Waals surface area (Å²) >= 11 is 0. The quantitative estimate of drug-likeness (QED) is 0.684. The lowest BCUT2D eigenvalue weighted by molar-refractivity contribution is 0.160. The van der Waals surface area contributed by atoms with Crippen LogP contribution in [0.5, 0.6) is 0 Å². The molecule has 0 aromatic heterocycles. The van der Waals surface area contributed by atoms with Gasteiger partial charge < -0.3 is 5.73 Å². The number of hydrogen-bond donors (Lipinski definition) is 2. The summed E-state index contributed by atoms with van der Waals surface area (Å²) in [6, 6.07) is -0.561. The largest absolute Gasteiger partial charge is 0.350 e. The molecule has 6 atom stereocenters. The first-order valence-electron chi connectivity index (χ1n) is 9.93. The highest BCUT2D eigenvalue weighted by Gasteiger charge is 2.60. The molecular weight excluding hydrogens is 310 g/mol. The number of urea groups is 1. The van der Waals surface area contributed by atoms with Crippen LogP contribution < -0.4 is 11.2 Å². The van der Waals surface area contributed by atoms with Gasteiger partial charge in [-0.3, -0.25) is 0 Å². The molecule has 4 bridgehead atoms. The van der Waals surface area contributed by atoms with Gasteiger partial charge in [0.15, 0.2) is 0 Å². The number of hydrazone groups is 1. The molecule has 4 aliphatic rings. The molecular formula is C21H33N3O. The molecule has 0 radical (unpaired) electrons.